The van der Waals surface area contributed by atoms with Gasteiger partial charge in [0.15, 0.2) is 0 Å². The van der Waals surface area contributed by atoms with Crippen LogP contribution in [0.15, 0.2) is 24.3 Å². The van der Waals surface area contributed by atoms with Crippen molar-refractivity contribution in [2.24, 2.45) is 0 Å². The van der Waals surface area contributed by atoms with E-state index in [2.05, 4.69) is 10.6 Å². The largest absolute Gasteiger partial charge is 0.344 e. The molecule has 1 aliphatic rings. The molecule has 108 valence electrons. The van der Waals surface area contributed by atoms with Crippen LogP contribution < -0.4 is 10.6 Å². The zero-order valence-electron chi connectivity index (χ0n) is 11.4. The van der Waals surface area contributed by atoms with Gasteiger partial charge in [-0.15, -0.1) is 0 Å². The number of piperidine rings is 1. The Hall–Kier alpha value is -1.59. The van der Waals surface area contributed by atoms with Crippen LogP contribution in [0.1, 0.15) is 12.8 Å². The Labute approximate surface area is 123 Å². The Morgan fingerprint density at radius 3 is 2.90 bits per heavy atom. The van der Waals surface area contributed by atoms with E-state index in [0.29, 0.717) is 23.7 Å². The van der Waals surface area contributed by atoms with Gasteiger partial charge in [0.25, 0.3) is 0 Å². The second kappa shape index (κ2) is 6.72. The van der Waals surface area contributed by atoms with Crippen molar-refractivity contribution in [1.82, 2.24) is 10.2 Å². The molecule has 1 atom stereocenters. The minimum Gasteiger partial charge on any atom is -0.344 e. The number of amides is 2. The smallest absolute Gasteiger partial charge is 0.238 e. The van der Waals surface area contributed by atoms with Crippen molar-refractivity contribution in [3.63, 3.8) is 0 Å². The fraction of sp³-hybridized carbons (Fsp3) is 0.429. The maximum absolute atomic E-state index is 11.8. The number of carbonyl (C=O) groups excluding carboxylic acids is 2. The summed E-state index contributed by atoms with van der Waals surface area (Å²) in [5, 5.41) is 6.44. The number of anilines is 1. The van der Waals surface area contributed by atoms with Gasteiger partial charge in [-0.1, -0.05) is 23.7 Å². The highest BCUT2D eigenvalue weighted by Gasteiger charge is 2.22. The molecule has 1 unspecified atom stereocenters. The minimum atomic E-state index is -0.141. The lowest BCUT2D eigenvalue weighted by atomic mass is 10.1. The summed E-state index contributed by atoms with van der Waals surface area (Å²) in [6, 6.07) is 7.27. The molecule has 20 heavy (non-hydrogen) atoms. The normalized spacial score (nSPS) is 19.0. The Kier molecular flexibility index (Phi) is 4.98. The van der Waals surface area contributed by atoms with Gasteiger partial charge in [0.05, 0.1) is 17.3 Å². The van der Waals surface area contributed by atoms with E-state index in [1.165, 1.54) is 0 Å². The summed E-state index contributed by atoms with van der Waals surface area (Å²) in [6.07, 6.45) is 1.29. The zero-order valence-corrected chi connectivity index (χ0v) is 12.1. The SMILES string of the molecule is CN1CC(NCC(=O)Nc2ccccc2Cl)CCC1=O. The van der Waals surface area contributed by atoms with Crippen molar-refractivity contribution >= 4 is 29.1 Å². The summed E-state index contributed by atoms with van der Waals surface area (Å²) in [4.78, 5) is 24.9. The molecule has 0 saturated carbocycles. The number of carbonyl (C=O) groups is 2. The van der Waals surface area contributed by atoms with Crippen molar-refractivity contribution in [2.75, 3.05) is 25.5 Å². The lowest BCUT2D eigenvalue weighted by Crippen LogP contribution is -2.48. The standard InChI is InChI=1S/C14H18ClN3O2/c1-18-9-10(6-7-14(18)20)16-8-13(19)17-12-5-3-2-4-11(12)15/h2-5,10,16H,6-9H2,1H3,(H,17,19). The molecule has 0 bridgehead atoms. The van der Waals surface area contributed by atoms with E-state index >= 15 is 0 Å². The highest BCUT2D eigenvalue weighted by Crippen LogP contribution is 2.20. The molecular formula is C14H18ClN3O2. The second-order valence-corrected chi connectivity index (χ2v) is 5.33. The highest BCUT2D eigenvalue weighted by molar-refractivity contribution is 6.33. The van der Waals surface area contributed by atoms with Gasteiger partial charge in [-0.3, -0.25) is 9.59 Å². The van der Waals surface area contributed by atoms with E-state index in [-0.39, 0.29) is 24.4 Å². The lowest BCUT2D eigenvalue weighted by molar-refractivity contribution is -0.132. The topological polar surface area (TPSA) is 61.4 Å². The van der Waals surface area contributed by atoms with Gasteiger partial charge < -0.3 is 15.5 Å². The van der Waals surface area contributed by atoms with Crippen molar-refractivity contribution < 1.29 is 9.59 Å². The van der Waals surface area contributed by atoms with Gasteiger partial charge in [-0.25, -0.2) is 0 Å². The molecule has 1 heterocycles. The average molecular weight is 296 g/mol. The molecule has 5 nitrogen and oxygen atoms in total. The molecule has 2 amide bonds. The van der Waals surface area contributed by atoms with Crippen molar-refractivity contribution in [2.45, 2.75) is 18.9 Å². The van der Waals surface area contributed by atoms with Gasteiger partial charge in [0.1, 0.15) is 0 Å². The number of para-hydroxylation sites is 1. The number of hydrogen-bond acceptors (Lipinski definition) is 3. The Morgan fingerprint density at radius 2 is 2.20 bits per heavy atom. The molecule has 1 aromatic rings. The quantitative estimate of drug-likeness (QED) is 0.885. The Balaban J connectivity index is 1.78. The first-order chi connectivity index (χ1) is 9.56. The molecule has 6 heteroatoms. The monoisotopic (exact) mass is 295 g/mol. The van der Waals surface area contributed by atoms with Crippen LogP contribution in [0.25, 0.3) is 0 Å². The summed E-state index contributed by atoms with van der Waals surface area (Å²) in [5.41, 5.74) is 0.608. The van der Waals surface area contributed by atoms with Gasteiger partial charge in [0.2, 0.25) is 11.8 Å². The fourth-order valence-electron chi connectivity index (χ4n) is 2.17. The van der Waals surface area contributed by atoms with E-state index in [1.807, 2.05) is 12.1 Å². The van der Waals surface area contributed by atoms with E-state index in [4.69, 9.17) is 11.6 Å². The van der Waals surface area contributed by atoms with E-state index in [1.54, 1.807) is 24.1 Å². The van der Waals surface area contributed by atoms with Crippen LogP contribution in [0.5, 0.6) is 0 Å². The van der Waals surface area contributed by atoms with Gasteiger partial charge in [0, 0.05) is 26.1 Å². The highest BCUT2D eigenvalue weighted by atomic mass is 35.5. The first-order valence-electron chi connectivity index (χ1n) is 6.58. The van der Waals surface area contributed by atoms with Gasteiger partial charge in [-0.2, -0.15) is 0 Å². The molecule has 1 aliphatic heterocycles. The van der Waals surface area contributed by atoms with Crippen LogP contribution >= 0.6 is 11.6 Å². The number of likely N-dealkylation sites (tertiary alicyclic amines) is 1. The number of likely N-dealkylation sites (N-methyl/N-ethyl adjacent to an activating group) is 1. The number of halogens is 1. The van der Waals surface area contributed by atoms with E-state index in [9.17, 15) is 9.59 Å². The molecule has 0 aliphatic carbocycles. The number of benzene rings is 1. The molecule has 2 rings (SSSR count). The first-order valence-corrected chi connectivity index (χ1v) is 6.96. The second-order valence-electron chi connectivity index (χ2n) is 4.92. The van der Waals surface area contributed by atoms with Crippen LogP contribution in [0.3, 0.4) is 0 Å². The summed E-state index contributed by atoms with van der Waals surface area (Å²) < 4.78 is 0. The number of nitrogens with one attached hydrogen (secondary N) is 2. The Bertz CT molecular complexity index is 507. The summed E-state index contributed by atoms with van der Waals surface area (Å²) in [7, 11) is 1.78. The lowest BCUT2D eigenvalue weighted by Gasteiger charge is -2.30. The first kappa shape index (κ1) is 14.8. The molecular weight excluding hydrogens is 278 g/mol. The molecule has 1 fully saturated rings. The van der Waals surface area contributed by atoms with Crippen molar-refractivity contribution in [1.29, 1.82) is 0 Å². The maximum Gasteiger partial charge on any atom is 0.238 e. The molecule has 1 aromatic carbocycles. The van der Waals surface area contributed by atoms with Crippen LogP contribution in [0.2, 0.25) is 5.02 Å². The predicted octanol–water partition coefficient (Wildman–Crippen LogP) is 1.49. The van der Waals surface area contributed by atoms with Crippen molar-refractivity contribution in [3.8, 4) is 0 Å². The average Bonchev–Trinajstić information content (AvgIpc) is 2.43. The predicted molar refractivity (Wildman–Crippen MR) is 78.7 cm³/mol. The van der Waals surface area contributed by atoms with Crippen LogP contribution in [0, 0.1) is 0 Å². The number of rotatable bonds is 4. The number of hydrogen-bond donors (Lipinski definition) is 2. The van der Waals surface area contributed by atoms with Crippen molar-refractivity contribution in [3.05, 3.63) is 29.3 Å². The fourth-order valence-corrected chi connectivity index (χ4v) is 2.36. The summed E-state index contributed by atoms with van der Waals surface area (Å²) >= 11 is 5.97. The van der Waals surface area contributed by atoms with E-state index < -0.39 is 0 Å². The summed E-state index contributed by atoms with van der Waals surface area (Å²) in [5.74, 6) is 0.0150. The Morgan fingerprint density at radius 1 is 1.45 bits per heavy atom. The minimum absolute atomic E-state index is 0.141. The van der Waals surface area contributed by atoms with Crippen LogP contribution in [-0.2, 0) is 9.59 Å². The van der Waals surface area contributed by atoms with Crippen LogP contribution in [-0.4, -0.2) is 42.9 Å². The summed E-state index contributed by atoms with van der Waals surface area (Å²) in [6.45, 7) is 0.843. The van der Waals surface area contributed by atoms with Crippen LogP contribution in [0.4, 0.5) is 5.69 Å². The molecule has 0 aromatic heterocycles. The zero-order chi connectivity index (χ0) is 14.5. The number of nitrogens with zero attached hydrogens (tertiary/aromatic N) is 1. The maximum atomic E-state index is 11.8. The third-order valence-corrected chi connectivity index (χ3v) is 3.66. The third kappa shape index (κ3) is 3.95. The molecule has 0 spiro atoms. The third-order valence-electron chi connectivity index (χ3n) is 3.33. The van der Waals surface area contributed by atoms with E-state index in [0.717, 1.165) is 6.42 Å². The van der Waals surface area contributed by atoms with Gasteiger partial charge in [-0.05, 0) is 18.6 Å². The van der Waals surface area contributed by atoms with Gasteiger partial charge >= 0.3 is 0 Å². The molecule has 0 radical (unpaired) electrons. The molecule has 2 N–H and O–H groups in total. The molecule has 1 saturated heterocycles.